The van der Waals surface area contributed by atoms with Crippen molar-refractivity contribution in [2.24, 2.45) is 10.9 Å². The Hall–Kier alpha value is -1.63. The van der Waals surface area contributed by atoms with Crippen LogP contribution in [0.1, 0.15) is 38.3 Å². The van der Waals surface area contributed by atoms with E-state index in [9.17, 15) is 0 Å². The number of benzene rings is 1. The Bertz CT molecular complexity index is 639. The molecule has 1 aromatic rings. The molecule has 2 fully saturated rings. The number of ether oxygens (including phenoxy) is 2. The van der Waals surface area contributed by atoms with E-state index in [0.717, 1.165) is 51.8 Å². The van der Waals surface area contributed by atoms with Crippen molar-refractivity contribution in [1.29, 1.82) is 0 Å². The fourth-order valence-corrected chi connectivity index (χ4v) is 4.41. The van der Waals surface area contributed by atoms with Crippen molar-refractivity contribution in [2.45, 2.75) is 52.5 Å². The number of guanidine groups is 1. The van der Waals surface area contributed by atoms with Crippen molar-refractivity contribution in [2.75, 3.05) is 46.4 Å². The Morgan fingerprint density at radius 3 is 2.48 bits per heavy atom. The van der Waals surface area contributed by atoms with Crippen molar-refractivity contribution in [3.8, 4) is 0 Å². The predicted octanol–water partition coefficient (Wildman–Crippen LogP) is 2.73. The molecule has 2 saturated heterocycles. The summed E-state index contributed by atoms with van der Waals surface area (Å²) in [5.74, 6) is 1.63. The molecule has 0 aromatic heterocycles. The van der Waals surface area contributed by atoms with Crippen molar-refractivity contribution >= 4 is 5.96 Å². The minimum Gasteiger partial charge on any atom is -0.384 e. The van der Waals surface area contributed by atoms with Gasteiger partial charge in [-0.2, -0.15) is 0 Å². The van der Waals surface area contributed by atoms with Crippen LogP contribution in [0.4, 0.5) is 0 Å². The second-order valence-corrected chi connectivity index (χ2v) is 8.49. The average molecular weight is 403 g/mol. The van der Waals surface area contributed by atoms with Gasteiger partial charge in [-0.3, -0.25) is 4.90 Å². The van der Waals surface area contributed by atoms with E-state index < -0.39 is 0 Å². The number of likely N-dealkylation sites (tertiary alicyclic amines) is 1. The molecular formula is C23H38N4O2. The van der Waals surface area contributed by atoms with Gasteiger partial charge in [0.25, 0.3) is 0 Å². The summed E-state index contributed by atoms with van der Waals surface area (Å²) in [6.07, 6.45) is 1.79. The summed E-state index contributed by atoms with van der Waals surface area (Å²) in [6, 6.07) is 8.92. The predicted molar refractivity (Wildman–Crippen MR) is 118 cm³/mol. The van der Waals surface area contributed by atoms with Crippen LogP contribution in [-0.4, -0.2) is 74.4 Å². The zero-order chi connectivity index (χ0) is 20.6. The third-order valence-electron chi connectivity index (χ3n) is 5.66. The van der Waals surface area contributed by atoms with Gasteiger partial charge in [0.05, 0.1) is 25.4 Å². The van der Waals surface area contributed by atoms with Gasteiger partial charge in [-0.15, -0.1) is 0 Å². The summed E-state index contributed by atoms with van der Waals surface area (Å²) in [6.45, 7) is 13.9. The Labute approximate surface area is 176 Å². The first-order valence-electron chi connectivity index (χ1n) is 11.0. The van der Waals surface area contributed by atoms with Crippen LogP contribution in [0.2, 0.25) is 0 Å². The fourth-order valence-electron chi connectivity index (χ4n) is 4.41. The largest absolute Gasteiger partial charge is 0.384 e. The Balaban J connectivity index is 1.55. The van der Waals surface area contributed by atoms with Gasteiger partial charge in [0.2, 0.25) is 0 Å². The molecule has 2 aliphatic heterocycles. The summed E-state index contributed by atoms with van der Waals surface area (Å²) >= 11 is 0. The molecule has 6 nitrogen and oxygen atoms in total. The van der Waals surface area contributed by atoms with E-state index in [1.165, 1.54) is 17.5 Å². The van der Waals surface area contributed by atoms with Crippen LogP contribution < -0.4 is 5.32 Å². The molecule has 6 heteroatoms. The lowest BCUT2D eigenvalue weighted by molar-refractivity contribution is -0.0704. The van der Waals surface area contributed by atoms with Crippen LogP contribution in [0, 0.1) is 5.92 Å². The molecule has 0 aliphatic carbocycles. The first kappa shape index (κ1) is 22.1. The van der Waals surface area contributed by atoms with E-state index in [2.05, 4.69) is 60.2 Å². The highest BCUT2D eigenvalue weighted by Crippen LogP contribution is 2.17. The molecule has 2 heterocycles. The molecule has 1 N–H and O–H groups in total. The van der Waals surface area contributed by atoms with Crippen LogP contribution in [-0.2, 0) is 22.6 Å². The van der Waals surface area contributed by atoms with Gasteiger partial charge in [-0.1, -0.05) is 24.3 Å². The average Bonchev–Trinajstić information content (AvgIpc) is 3.14. The van der Waals surface area contributed by atoms with Gasteiger partial charge in [-0.05, 0) is 38.3 Å². The third-order valence-corrected chi connectivity index (χ3v) is 5.66. The van der Waals surface area contributed by atoms with Gasteiger partial charge < -0.3 is 19.7 Å². The Morgan fingerprint density at radius 1 is 1.14 bits per heavy atom. The lowest BCUT2D eigenvalue weighted by atomic mass is 10.1. The van der Waals surface area contributed by atoms with Crippen LogP contribution >= 0.6 is 0 Å². The van der Waals surface area contributed by atoms with Gasteiger partial charge in [0, 0.05) is 52.3 Å². The molecule has 0 radical (unpaired) electrons. The molecule has 0 spiro atoms. The van der Waals surface area contributed by atoms with Crippen molar-refractivity contribution in [1.82, 2.24) is 15.1 Å². The van der Waals surface area contributed by atoms with Gasteiger partial charge >= 0.3 is 0 Å². The highest BCUT2D eigenvalue weighted by Gasteiger charge is 2.25. The third kappa shape index (κ3) is 6.69. The molecule has 29 heavy (non-hydrogen) atoms. The quantitative estimate of drug-likeness (QED) is 0.561. The number of methoxy groups -OCH3 is 1. The highest BCUT2D eigenvalue weighted by atomic mass is 16.5. The summed E-state index contributed by atoms with van der Waals surface area (Å²) in [5, 5.41) is 3.45. The number of rotatable bonds is 7. The normalized spacial score (nSPS) is 26.1. The molecular weight excluding hydrogens is 364 g/mol. The topological polar surface area (TPSA) is 49.3 Å². The van der Waals surface area contributed by atoms with E-state index in [1.807, 2.05) is 0 Å². The van der Waals surface area contributed by atoms with E-state index in [1.54, 1.807) is 7.11 Å². The first-order valence-corrected chi connectivity index (χ1v) is 11.0. The zero-order valence-corrected chi connectivity index (χ0v) is 18.6. The van der Waals surface area contributed by atoms with Crippen molar-refractivity contribution in [3.05, 3.63) is 35.4 Å². The minimum atomic E-state index is 0.311. The molecule has 1 aromatic carbocycles. The summed E-state index contributed by atoms with van der Waals surface area (Å²) in [5.41, 5.74) is 2.60. The number of nitrogens with zero attached hydrogens (tertiary/aromatic N) is 3. The van der Waals surface area contributed by atoms with E-state index in [0.29, 0.717) is 24.7 Å². The lowest BCUT2D eigenvalue weighted by Gasteiger charge is -2.35. The maximum absolute atomic E-state index is 5.84. The fraction of sp³-hybridized carbons (Fsp3) is 0.696. The van der Waals surface area contributed by atoms with Crippen LogP contribution in [0.15, 0.2) is 29.3 Å². The van der Waals surface area contributed by atoms with Gasteiger partial charge in [0.15, 0.2) is 5.96 Å². The highest BCUT2D eigenvalue weighted by molar-refractivity contribution is 5.80. The zero-order valence-electron chi connectivity index (χ0n) is 18.6. The number of hydrogen-bond donors (Lipinski definition) is 1. The van der Waals surface area contributed by atoms with Crippen molar-refractivity contribution < 1.29 is 9.47 Å². The SMILES string of the molecule is CCNC(=NCc1ccc(CN2CC(C)OC(C)C2)cc1)N1CCC(COC)C1. The van der Waals surface area contributed by atoms with Gasteiger partial charge in [-0.25, -0.2) is 4.99 Å². The number of nitrogens with one attached hydrogen (secondary N) is 1. The summed E-state index contributed by atoms with van der Waals surface area (Å²) in [4.78, 5) is 9.74. The Morgan fingerprint density at radius 2 is 1.83 bits per heavy atom. The maximum atomic E-state index is 5.84. The second-order valence-electron chi connectivity index (χ2n) is 8.49. The number of aliphatic imine (C=N–C) groups is 1. The minimum absolute atomic E-state index is 0.311. The molecule has 2 aliphatic rings. The van der Waals surface area contributed by atoms with Crippen LogP contribution in [0.25, 0.3) is 0 Å². The maximum Gasteiger partial charge on any atom is 0.194 e. The molecule has 0 bridgehead atoms. The van der Waals surface area contributed by atoms with E-state index in [4.69, 9.17) is 14.5 Å². The number of hydrogen-bond acceptors (Lipinski definition) is 4. The standard InChI is InChI=1S/C23H38N4O2/c1-5-24-23(27-11-10-22(16-27)17-28-4)25-12-20-6-8-21(9-7-20)15-26-13-18(2)29-19(3)14-26/h6-9,18-19,22H,5,10-17H2,1-4H3,(H,24,25). The van der Waals surface area contributed by atoms with Crippen molar-refractivity contribution in [3.63, 3.8) is 0 Å². The van der Waals surface area contributed by atoms with E-state index >= 15 is 0 Å². The van der Waals surface area contributed by atoms with E-state index in [-0.39, 0.29) is 0 Å². The summed E-state index contributed by atoms with van der Waals surface area (Å²) in [7, 11) is 1.78. The molecule has 0 saturated carbocycles. The molecule has 3 unspecified atom stereocenters. The first-order chi connectivity index (χ1) is 14.1. The molecule has 3 atom stereocenters. The molecule has 3 rings (SSSR count). The van der Waals surface area contributed by atoms with Crippen LogP contribution in [0.3, 0.4) is 0 Å². The molecule has 162 valence electrons. The van der Waals surface area contributed by atoms with Gasteiger partial charge in [0.1, 0.15) is 0 Å². The Kier molecular flexibility index (Phi) is 8.33. The second kappa shape index (κ2) is 11.0. The smallest absolute Gasteiger partial charge is 0.194 e. The lowest BCUT2D eigenvalue weighted by Crippen LogP contribution is -2.44. The number of morpholine rings is 1. The monoisotopic (exact) mass is 402 g/mol. The van der Waals surface area contributed by atoms with Crippen LogP contribution in [0.5, 0.6) is 0 Å². The summed E-state index contributed by atoms with van der Waals surface area (Å²) < 4.78 is 11.2. The molecule has 0 amide bonds.